The van der Waals surface area contributed by atoms with Gasteiger partial charge in [-0.1, -0.05) is 17.7 Å². The molecule has 0 unspecified atom stereocenters. The normalized spacial score (nSPS) is 10.6. The summed E-state index contributed by atoms with van der Waals surface area (Å²) in [4.78, 5) is 35.6. The van der Waals surface area contributed by atoms with Crippen molar-refractivity contribution in [2.45, 2.75) is 13.8 Å². The van der Waals surface area contributed by atoms with Crippen molar-refractivity contribution >= 4 is 50.9 Å². The third-order valence-electron chi connectivity index (χ3n) is 3.51. The van der Waals surface area contributed by atoms with Gasteiger partial charge in [0.05, 0.1) is 11.4 Å². The molecule has 1 aromatic carbocycles. The number of amides is 2. The number of nitrogens with zero attached hydrogens (tertiary/aromatic N) is 2. The SMILES string of the molecule is CC(=O)NNC(=O)COC(=O)c1cc2c(C)nn(-c3cccc(Cl)c3)c2s1. The number of benzene rings is 1. The maximum Gasteiger partial charge on any atom is 0.348 e. The molecular formula is C17H15ClN4O4S. The number of aryl methyl sites for hydroxylation is 1. The predicted octanol–water partition coefficient (Wildman–Crippen LogP) is 2.37. The van der Waals surface area contributed by atoms with Gasteiger partial charge in [0.2, 0.25) is 5.91 Å². The molecule has 0 radical (unpaired) electrons. The first kappa shape index (κ1) is 18.9. The molecule has 27 heavy (non-hydrogen) atoms. The van der Waals surface area contributed by atoms with Crippen LogP contribution in [0.3, 0.4) is 0 Å². The van der Waals surface area contributed by atoms with Gasteiger partial charge in [0.25, 0.3) is 5.91 Å². The molecule has 2 N–H and O–H groups in total. The maximum atomic E-state index is 12.2. The molecule has 0 aliphatic carbocycles. The topological polar surface area (TPSA) is 102 Å². The first-order valence-corrected chi connectivity index (χ1v) is 9.02. The number of hydrazine groups is 1. The number of fused-ring (bicyclic) bond motifs is 1. The summed E-state index contributed by atoms with van der Waals surface area (Å²) in [7, 11) is 0. The first-order chi connectivity index (χ1) is 12.8. The zero-order valence-electron chi connectivity index (χ0n) is 14.4. The molecule has 0 saturated carbocycles. The zero-order chi connectivity index (χ0) is 19.6. The Balaban J connectivity index is 1.78. The van der Waals surface area contributed by atoms with Crippen molar-refractivity contribution < 1.29 is 19.1 Å². The van der Waals surface area contributed by atoms with Gasteiger partial charge in [-0.3, -0.25) is 20.4 Å². The number of carbonyl (C=O) groups excluding carboxylic acids is 3. The Morgan fingerprint density at radius 2 is 2.04 bits per heavy atom. The average molecular weight is 407 g/mol. The highest BCUT2D eigenvalue weighted by molar-refractivity contribution is 7.20. The van der Waals surface area contributed by atoms with E-state index in [0.717, 1.165) is 21.6 Å². The molecule has 3 rings (SSSR count). The molecule has 2 amide bonds. The van der Waals surface area contributed by atoms with E-state index < -0.39 is 24.4 Å². The van der Waals surface area contributed by atoms with Crippen molar-refractivity contribution in [1.29, 1.82) is 0 Å². The number of hydrogen-bond donors (Lipinski definition) is 2. The highest BCUT2D eigenvalue weighted by Gasteiger charge is 2.19. The molecule has 0 atom stereocenters. The molecule has 10 heteroatoms. The van der Waals surface area contributed by atoms with E-state index in [1.54, 1.807) is 22.9 Å². The van der Waals surface area contributed by atoms with Gasteiger partial charge < -0.3 is 4.74 Å². The molecule has 0 saturated heterocycles. The summed E-state index contributed by atoms with van der Waals surface area (Å²) in [6, 6.07) is 8.90. The van der Waals surface area contributed by atoms with Crippen molar-refractivity contribution in [3.05, 3.63) is 45.9 Å². The van der Waals surface area contributed by atoms with Crippen molar-refractivity contribution in [3.63, 3.8) is 0 Å². The van der Waals surface area contributed by atoms with E-state index in [1.807, 2.05) is 19.1 Å². The minimum absolute atomic E-state index is 0.341. The Morgan fingerprint density at radius 3 is 2.74 bits per heavy atom. The fraction of sp³-hybridized carbons (Fsp3) is 0.176. The lowest BCUT2D eigenvalue weighted by atomic mass is 10.3. The summed E-state index contributed by atoms with van der Waals surface area (Å²) in [5, 5.41) is 5.88. The minimum Gasteiger partial charge on any atom is -0.451 e. The third kappa shape index (κ3) is 4.26. The van der Waals surface area contributed by atoms with Crippen LogP contribution in [0.1, 0.15) is 22.3 Å². The first-order valence-electron chi connectivity index (χ1n) is 7.83. The van der Waals surface area contributed by atoms with E-state index in [4.69, 9.17) is 16.3 Å². The van der Waals surface area contributed by atoms with Crippen LogP contribution >= 0.6 is 22.9 Å². The van der Waals surface area contributed by atoms with Crippen LogP contribution in [0.15, 0.2) is 30.3 Å². The van der Waals surface area contributed by atoms with E-state index in [9.17, 15) is 14.4 Å². The van der Waals surface area contributed by atoms with Crippen LogP contribution in [0.5, 0.6) is 0 Å². The maximum absolute atomic E-state index is 12.2. The Morgan fingerprint density at radius 1 is 1.26 bits per heavy atom. The van der Waals surface area contributed by atoms with Gasteiger partial charge in [-0.2, -0.15) is 5.10 Å². The molecule has 0 spiro atoms. The van der Waals surface area contributed by atoms with Crippen LogP contribution in [0.25, 0.3) is 15.9 Å². The average Bonchev–Trinajstić information content (AvgIpc) is 3.18. The van der Waals surface area contributed by atoms with Gasteiger partial charge in [-0.15, -0.1) is 11.3 Å². The molecule has 8 nitrogen and oxygen atoms in total. The molecular weight excluding hydrogens is 392 g/mol. The highest BCUT2D eigenvalue weighted by Crippen LogP contribution is 2.31. The van der Waals surface area contributed by atoms with Crippen LogP contribution in [-0.4, -0.2) is 34.2 Å². The molecule has 140 valence electrons. The van der Waals surface area contributed by atoms with Gasteiger partial charge in [0, 0.05) is 17.3 Å². The quantitative estimate of drug-likeness (QED) is 0.511. The van der Waals surface area contributed by atoms with E-state index in [1.165, 1.54) is 18.3 Å². The summed E-state index contributed by atoms with van der Waals surface area (Å²) in [5.74, 6) is -1.70. The van der Waals surface area contributed by atoms with Crippen molar-refractivity contribution in [2.75, 3.05) is 6.61 Å². The Bertz CT molecular complexity index is 1040. The molecule has 0 aliphatic rings. The van der Waals surface area contributed by atoms with Crippen LogP contribution in [0.4, 0.5) is 0 Å². The number of hydrogen-bond acceptors (Lipinski definition) is 6. The Hall–Kier alpha value is -2.91. The monoisotopic (exact) mass is 406 g/mol. The predicted molar refractivity (Wildman–Crippen MR) is 101 cm³/mol. The molecule has 0 bridgehead atoms. The van der Waals surface area contributed by atoms with Crippen LogP contribution < -0.4 is 10.9 Å². The molecule has 2 aromatic heterocycles. The third-order valence-corrected chi connectivity index (χ3v) is 4.84. The van der Waals surface area contributed by atoms with Crippen molar-refractivity contribution in [2.24, 2.45) is 0 Å². The fourth-order valence-electron chi connectivity index (χ4n) is 2.33. The van der Waals surface area contributed by atoms with Crippen LogP contribution in [-0.2, 0) is 14.3 Å². The molecule has 3 aromatic rings. The van der Waals surface area contributed by atoms with E-state index in [0.29, 0.717) is 9.90 Å². The van der Waals surface area contributed by atoms with Crippen molar-refractivity contribution in [3.8, 4) is 5.69 Å². The lowest BCUT2D eigenvalue weighted by Gasteiger charge is -2.05. The van der Waals surface area contributed by atoms with Gasteiger partial charge >= 0.3 is 5.97 Å². The molecule has 0 aliphatic heterocycles. The van der Waals surface area contributed by atoms with E-state index in [-0.39, 0.29) is 0 Å². The number of esters is 1. The van der Waals surface area contributed by atoms with E-state index >= 15 is 0 Å². The second-order valence-corrected chi connectivity index (χ2v) is 7.08. The minimum atomic E-state index is -0.638. The highest BCUT2D eigenvalue weighted by atomic mass is 35.5. The van der Waals surface area contributed by atoms with E-state index in [2.05, 4.69) is 16.0 Å². The van der Waals surface area contributed by atoms with Gasteiger partial charge in [-0.05, 0) is 31.2 Å². The Kier molecular flexibility index (Phi) is 5.43. The summed E-state index contributed by atoms with van der Waals surface area (Å²) < 4.78 is 6.69. The van der Waals surface area contributed by atoms with Crippen molar-refractivity contribution in [1.82, 2.24) is 20.6 Å². The number of aromatic nitrogens is 2. The summed E-state index contributed by atoms with van der Waals surface area (Å²) in [6.07, 6.45) is 0. The van der Waals surface area contributed by atoms with Crippen LogP contribution in [0.2, 0.25) is 5.02 Å². The number of nitrogens with one attached hydrogen (secondary N) is 2. The zero-order valence-corrected chi connectivity index (χ0v) is 16.0. The van der Waals surface area contributed by atoms with Gasteiger partial charge in [0.1, 0.15) is 9.71 Å². The number of ether oxygens (including phenoxy) is 1. The molecule has 2 heterocycles. The summed E-state index contributed by atoms with van der Waals surface area (Å²) in [5.41, 5.74) is 5.76. The van der Waals surface area contributed by atoms with Gasteiger partial charge in [0.15, 0.2) is 6.61 Å². The molecule has 0 fully saturated rings. The summed E-state index contributed by atoms with van der Waals surface area (Å²) >= 11 is 7.25. The number of halogens is 1. The number of thiophene rings is 1. The lowest BCUT2D eigenvalue weighted by Crippen LogP contribution is -2.42. The standard InChI is InChI=1S/C17H15ClN4O4S/c1-9-13-7-14(17(25)26-8-15(24)20-19-10(2)23)27-16(13)22(21-9)12-5-3-4-11(18)6-12/h3-7H,8H2,1-2H3,(H,19,23)(H,20,24). The second-order valence-electron chi connectivity index (χ2n) is 5.61. The fourth-order valence-corrected chi connectivity index (χ4v) is 3.59. The summed E-state index contributed by atoms with van der Waals surface area (Å²) in [6.45, 7) is 2.58. The Labute approximate surface area is 163 Å². The van der Waals surface area contributed by atoms with Gasteiger partial charge in [-0.25, -0.2) is 9.48 Å². The smallest absolute Gasteiger partial charge is 0.348 e. The number of carbonyl (C=O) groups is 3. The number of rotatable bonds is 4. The second kappa shape index (κ2) is 7.77. The lowest BCUT2D eigenvalue weighted by molar-refractivity contribution is -0.129. The van der Waals surface area contributed by atoms with Crippen LogP contribution in [0, 0.1) is 6.92 Å². The largest absolute Gasteiger partial charge is 0.451 e.